The molecule has 1 heterocycles. The van der Waals surface area contributed by atoms with Gasteiger partial charge in [-0.1, -0.05) is 12.8 Å². The number of nitrogens with one attached hydrogen (secondary N) is 1. The lowest BCUT2D eigenvalue weighted by Crippen LogP contribution is -2.33. The number of hydrogen-bond donors (Lipinski definition) is 1. The van der Waals surface area contributed by atoms with Gasteiger partial charge in [-0.2, -0.15) is 0 Å². The predicted molar refractivity (Wildman–Crippen MR) is 52.4 cm³/mol. The summed E-state index contributed by atoms with van der Waals surface area (Å²) in [5, 5.41) is 3.26. The summed E-state index contributed by atoms with van der Waals surface area (Å²) in [5.74, 6) is 0.752. The van der Waals surface area contributed by atoms with E-state index in [4.69, 9.17) is 0 Å². The summed E-state index contributed by atoms with van der Waals surface area (Å²) in [5.41, 5.74) is 0.0926. The highest BCUT2D eigenvalue weighted by molar-refractivity contribution is 7.91. The highest BCUT2D eigenvalue weighted by Gasteiger charge is 2.39. The van der Waals surface area contributed by atoms with E-state index in [0.717, 1.165) is 19.4 Å². The molecule has 2 rings (SSSR count). The van der Waals surface area contributed by atoms with Crippen molar-refractivity contribution in [2.24, 2.45) is 5.41 Å². The Morgan fingerprint density at radius 2 is 1.85 bits per heavy atom. The quantitative estimate of drug-likeness (QED) is 0.626. The number of sulfone groups is 1. The smallest absolute Gasteiger partial charge is 0.152 e. The first-order chi connectivity index (χ1) is 6.12. The standard InChI is InChI=1S/C9H17NO2S/c11-13(12)6-5-10-7-9(8-13)3-1-2-4-9/h10H,1-8H2. The first kappa shape index (κ1) is 9.46. The molecule has 2 fully saturated rings. The van der Waals surface area contributed by atoms with Gasteiger partial charge in [0.1, 0.15) is 0 Å². The van der Waals surface area contributed by atoms with Crippen molar-refractivity contribution in [1.82, 2.24) is 5.32 Å². The largest absolute Gasteiger partial charge is 0.315 e. The first-order valence-corrected chi connectivity index (χ1v) is 6.85. The molecule has 0 unspecified atom stereocenters. The van der Waals surface area contributed by atoms with E-state index in [1.54, 1.807) is 0 Å². The minimum atomic E-state index is -2.77. The Bertz CT molecular complexity index is 278. The fraction of sp³-hybridized carbons (Fsp3) is 1.00. The van der Waals surface area contributed by atoms with E-state index in [1.165, 1.54) is 12.8 Å². The van der Waals surface area contributed by atoms with Gasteiger partial charge in [-0.15, -0.1) is 0 Å². The Balaban J connectivity index is 2.19. The van der Waals surface area contributed by atoms with Crippen LogP contribution in [0.25, 0.3) is 0 Å². The highest BCUT2D eigenvalue weighted by atomic mass is 32.2. The molecule has 2 aliphatic rings. The van der Waals surface area contributed by atoms with Gasteiger partial charge in [-0.3, -0.25) is 0 Å². The second-order valence-corrected chi connectivity index (χ2v) is 6.66. The lowest BCUT2D eigenvalue weighted by atomic mass is 9.88. The molecule has 0 aromatic heterocycles. The van der Waals surface area contributed by atoms with Crippen LogP contribution < -0.4 is 5.32 Å². The van der Waals surface area contributed by atoms with Crippen LogP contribution in [0.2, 0.25) is 0 Å². The predicted octanol–water partition coefficient (Wildman–Crippen LogP) is 0.565. The van der Waals surface area contributed by atoms with Crippen molar-refractivity contribution in [3.05, 3.63) is 0 Å². The molecule has 0 amide bonds. The Morgan fingerprint density at radius 1 is 1.15 bits per heavy atom. The lowest BCUT2D eigenvalue weighted by Gasteiger charge is -2.25. The molecule has 76 valence electrons. The van der Waals surface area contributed by atoms with Crippen LogP contribution in [0.15, 0.2) is 0 Å². The first-order valence-electron chi connectivity index (χ1n) is 5.03. The van der Waals surface area contributed by atoms with Crippen LogP contribution in [0.1, 0.15) is 25.7 Å². The summed E-state index contributed by atoms with van der Waals surface area (Å²) in [6.07, 6.45) is 4.60. The van der Waals surface area contributed by atoms with Gasteiger partial charge in [0.05, 0.1) is 11.5 Å². The van der Waals surface area contributed by atoms with E-state index in [0.29, 0.717) is 18.1 Å². The monoisotopic (exact) mass is 203 g/mol. The van der Waals surface area contributed by atoms with Crippen molar-refractivity contribution < 1.29 is 8.42 Å². The number of hydrogen-bond acceptors (Lipinski definition) is 3. The Labute approximate surface area is 79.8 Å². The van der Waals surface area contributed by atoms with Gasteiger partial charge >= 0.3 is 0 Å². The average molecular weight is 203 g/mol. The van der Waals surface area contributed by atoms with E-state index >= 15 is 0 Å². The summed E-state index contributed by atoms with van der Waals surface area (Å²) in [4.78, 5) is 0. The molecule has 0 atom stereocenters. The van der Waals surface area contributed by atoms with Crippen LogP contribution in [0.3, 0.4) is 0 Å². The molecule has 0 aromatic rings. The molecular weight excluding hydrogens is 186 g/mol. The van der Waals surface area contributed by atoms with E-state index in [2.05, 4.69) is 5.32 Å². The highest BCUT2D eigenvalue weighted by Crippen LogP contribution is 2.39. The van der Waals surface area contributed by atoms with E-state index < -0.39 is 9.84 Å². The average Bonchev–Trinajstić information content (AvgIpc) is 2.40. The lowest BCUT2D eigenvalue weighted by molar-refractivity contribution is 0.328. The van der Waals surface area contributed by atoms with Gasteiger partial charge in [0.25, 0.3) is 0 Å². The molecule has 0 bridgehead atoms. The van der Waals surface area contributed by atoms with Crippen LogP contribution in [0.5, 0.6) is 0 Å². The summed E-state index contributed by atoms with van der Waals surface area (Å²) >= 11 is 0. The van der Waals surface area contributed by atoms with Gasteiger partial charge < -0.3 is 5.32 Å². The maximum atomic E-state index is 11.6. The third kappa shape index (κ3) is 2.05. The molecule has 0 aromatic carbocycles. The topological polar surface area (TPSA) is 46.2 Å². The van der Waals surface area contributed by atoms with Crippen molar-refractivity contribution in [2.45, 2.75) is 25.7 Å². The number of rotatable bonds is 0. The van der Waals surface area contributed by atoms with Crippen molar-refractivity contribution >= 4 is 9.84 Å². The molecule has 0 radical (unpaired) electrons. The van der Waals surface area contributed by atoms with E-state index in [-0.39, 0.29) is 5.41 Å². The molecule has 13 heavy (non-hydrogen) atoms. The van der Waals surface area contributed by atoms with Crippen molar-refractivity contribution in [3.63, 3.8) is 0 Å². The molecule has 1 spiro atoms. The van der Waals surface area contributed by atoms with Gasteiger partial charge in [-0.05, 0) is 18.3 Å². The molecule has 1 saturated heterocycles. The maximum absolute atomic E-state index is 11.6. The molecule has 4 heteroatoms. The Hall–Kier alpha value is -0.0900. The molecule has 1 aliphatic carbocycles. The Kier molecular flexibility index (Phi) is 2.36. The van der Waals surface area contributed by atoms with Crippen LogP contribution in [0, 0.1) is 5.41 Å². The fourth-order valence-electron chi connectivity index (χ4n) is 2.62. The van der Waals surface area contributed by atoms with E-state index in [9.17, 15) is 8.42 Å². The molecule has 1 saturated carbocycles. The minimum Gasteiger partial charge on any atom is -0.315 e. The molecule has 1 aliphatic heterocycles. The summed E-state index contributed by atoms with van der Waals surface area (Å²) in [6.45, 7) is 1.55. The zero-order valence-electron chi connectivity index (χ0n) is 7.88. The molecule has 1 N–H and O–H groups in total. The second-order valence-electron chi connectivity index (χ2n) is 4.48. The van der Waals surface area contributed by atoms with Crippen LogP contribution >= 0.6 is 0 Å². The maximum Gasteiger partial charge on any atom is 0.152 e. The van der Waals surface area contributed by atoms with Crippen molar-refractivity contribution in [2.75, 3.05) is 24.6 Å². The van der Waals surface area contributed by atoms with Gasteiger partial charge in [0.15, 0.2) is 9.84 Å². The molecular formula is C9H17NO2S. The van der Waals surface area contributed by atoms with Gasteiger partial charge in [-0.25, -0.2) is 8.42 Å². The third-order valence-corrected chi connectivity index (χ3v) is 5.16. The molecule has 3 nitrogen and oxygen atoms in total. The van der Waals surface area contributed by atoms with Crippen LogP contribution in [0.4, 0.5) is 0 Å². The Morgan fingerprint density at radius 3 is 2.54 bits per heavy atom. The third-order valence-electron chi connectivity index (χ3n) is 3.28. The fourth-order valence-corrected chi connectivity index (χ4v) is 4.54. The van der Waals surface area contributed by atoms with Gasteiger partial charge in [0.2, 0.25) is 0 Å². The summed E-state index contributed by atoms with van der Waals surface area (Å²) in [6, 6.07) is 0. The van der Waals surface area contributed by atoms with E-state index in [1.807, 2.05) is 0 Å². The zero-order chi connectivity index (χ0) is 9.36. The van der Waals surface area contributed by atoms with Crippen molar-refractivity contribution in [3.8, 4) is 0 Å². The summed E-state index contributed by atoms with van der Waals surface area (Å²) in [7, 11) is -2.77. The SMILES string of the molecule is O=S1(=O)CCNCC2(CCCC2)C1. The second kappa shape index (κ2) is 3.24. The van der Waals surface area contributed by atoms with Crippen LogP contribution in [-0.4, -0.2) is 33.0 Å². The minimum absolute atomic E-state index is 0.0926. The normalized spacial score (nSPS) is 31.7. The van der Waals surface area contributed by atoms with Gasteiger partial charge in [0, 0.05) is 13.1 Å². The summed E-state index contributed by atoms with van der Waals surface area (Å²) < 4.78 is 23.2. The van der Waals surface area contributed by atoms with Crippen molar-refractivity contribution in [1.29, 1.82) is 0 Å². The van der Waals surface area contributed by atoms with Crippen LogP contribution in [-0.2, 0) is 9.84 Å². The zero-order valence-corrected chi connectivity index (χ0v) is 8.70.